The zero-order chi connectivity index (χ0) is 9.26. The fourth-order valence-corrected chi connectivity index (χ4v) is 1.12. The molecule has 2 aromatic heterocycles. The minimum absolute atomic E-state index is 0.479. The van der Waals surface area contributed by atoms with E-state index >= 15 is 0 Å². The summed E-state index contributed by atoms with van der Waals surface area (Å²) in [5, 5.41) is 8.25. The van der Waals surface area contributed by atoms with Crippen LogP contribution in [-0.4, -0.2) is 20.0 Å². The van der Waals surface area contributed by atoms with Crippen LogP contribution in [0.25, 0.3) is 11.3 Å². The number of pyridine rings is 1. The third-order valence-corrected chi connectivity index (χ3v) is 1.85. The topological polar surface area (TPSA) is 43.6 Å². The van der Waals surface area contributed by atoms with Crippen molar-refractivity contribution in [2.45, 2.75) is 0 Å². The molecule has 0 aliphatic carbocycles. The first-order chi connectivity index (χ1) is 6.25. The van der Waals surface area contributed by atoms with E-state index in [0.717, 1.165) is 11.3 Å². The monoisotopic (exact) mass is 194 g/mol. The number of hydrogen-bond acceptors (Lipinski definition) is 3. The van der Waals surface area contributed by atoms with Gasteiger partial charge in [-0.25, -0.2) is 4.98 Å². The summed E-state index contributed by atoms with van der Waals surface area (Å²) in [6.07, 6.45) is 3.50. The molecule has 0 atom stereocenters. The summed E-state index contributed by atoms with van der Waals surface area (Å²) in [7, 11) is 1.82. The highest BCUT2D eigenvalue weighted by Gasteiger charge is 2.01. The summed E-state index contributed by atoms with van der Waals surface area (Å²) < 4.78 is 1.64. The average Bonchev–Trinajstić information content (AvgIpc) is 2.53. The summed E-state index contributed by atoms with van der Waals surface area (Å²) in [5.74, 6) is 0. The maximum atomic E-state index is 5.65. The van der Waals surface area contributed by atoms with Gasteiger partial charge < -0.3 is 0 Å². The largest absolute Gasteiger partial charge is 0.255 e. The van der Waals surface area contributed by atoms with E-state index in [2.05, 4.69) is 15.3 Å². The smallest absolute Gasteiger partial charge is 0.129 e. The lowest BCUT2D eigenvalue weighted by Crippen LogP contribution is -1.85. The lowest BCUT2D eigenvalue weighted by Gasteiger charge is -1.93. The number of halogens is 1. The quantitative estimate of drug-likeness (QED) is 0.647. The molecule has 5 heteroatoms. The van der Waals surface area contributed by atoms with Gasteiger partial charge in [0, 0.05) is 18.8 Å². The molecule has 4 nitrogen and oxygen atoms in total. The molecule has 13 heavy (non-hydrogen) atoms. The first-order valence-electron chi connectivity index (χ1n) is 3.74. The molecule has 0 N–H and O–H groups in total. The lowest BCUT2D eigenvalue weighted by atomic mass is 10.2. The predicted octanol–water partition coefficient (Wildman–Crippen LogP) is 1.53. The van der Waals surface area contributed by atoms with Gasteiger partial charge in [-0.1, -0.05) is 16.8 Å². The molecule has 0 aliphatic heterocycles. The van der Waals surface area contributed by atoms with Crippen molar-refractivity contribution in [1.82, 2.24) is 20.0 Å². The van der Waals surface area contributed by atoms with E-state index in [0.29, 0.717) is 5.15 Å². The van der Waals surface area contributed by atoms with E-state index in [-0.39, 0.29) is 0 Å². The Morgan fingerprint density at radius 2 is 2.23 bits per heavy atom. The fraction of sp³-hybridized carbons (Fsp3) is 0.125. The van der Waals surface area contributed by atoms with Gasteiger partial charge in [0.05, 0.1) is 6.20 Å². The molecule has 0 aliphatic rings. The molecule has 0 spiro atoms. The summed E-state index contributed by atoms with van der Waals surface area (Å²) in [5.41, 5.74) is 1.71. The molecule has 0 unspecified atom stereocenters. The normalized spacial score (nSPS) is 10.3. The van der Waals surface area contributed by atoms with Crippen LogP contribution in [0.3, 0.4) is 0 Å². The molecular formula is C8H7ClN4. The number of aryl methyl sites for hydroxylation is 1. The van der Waals surface area contributed by atoms with E-state index in [9.17, 15) is 0 Å². The highest BCUT2D eigenvalue weighted by atomic mass is 35.5. The van der Waals surface area contributed by atoms with Crippen LogP contribution in [0.15, 0.2) is 24.5 Å². The summed E-state index contributed by atoms with van der Waals surface area (Å²) >= 11 is 5.65. The molecule has 2 rings (SSSR count). The Hall–Kier alpha value is -1.42. The van der Waals surface area contributed by atoms with Crippen LogP contribution in [0.1, 0.15) is 0 Å². The third kappa shape index (κ3) is 1.67. The molecule has 0 aromatic carbocycles. The zero-order valence-electron chi connectivity index (χ0n) is 6.98. The van der Waals surface area contributed by atoms with Crippen LogP contribution in [0, 0.1) is 0 Å². The van der Waals surface area contributed by atoms with E-state index in [4.69, 9.17) is 11.6 Å². The number of rotatable bonds is 1. The first-order valence-corrected chi connectivity index (χ1v) is 4.12. The molecule has 0 amide bonds. The van der Waals surface area contributed by atoms with Gasteiger partial charge in [0.25, 0.3) is 0 Å². The van der Waals surface area contributed by atoms with Crippen molar-refractivity contribution in [3.8, 4) is 11.3 Å². The Morgan fingerprint density at radius 1 is 1.38 bits per heavy atom. The van der Waals surface area contributed by atoms with E-state index < -0.39 is 0 Å². The Labute approximate surface area is 80.2 Å². The molecular weight excluding hydrogens is 188 g/mol. The van der Waals surface area contributed by atoms with Crippen molar-refractivity contribution in [3.63, 3.8) is 0 Å². The maximum Gasteiger partial charge on any atom is 0.129 e. The van der Waals surface area contributed by atoms with E-state index in [1.54, 1.807) is 16.9 Å². The average molecular weight is 195 g/mol. The van der Waals surface area contributed by atoms with Gasteiger partial charge in [-0.2, -0.15) is 0 Å². The molecule has 0 fully saturated rings. The Balaban J connectivity index is 2.41. The standard InChI is InChI=1S/C8H7ClN4/c1-13-5-7(11-12-13)6-2-3-8(9)10-4-6/h2-5H,1H3. The van der Waals surface area contributed by atoms with Crippen LogP contribution < -0.4 is 0 Å². The summed E-state index contributed by atoms with van der Waals surface area (Å²) in [6.45, 7) is 0. The van der Waals surface area contributed by atoms with Crippen LogP contribution in [0.4, 0.5) is 0 Å². The lowest BCUT2D eigenvalue weighted by molar-refractivity contribution is 0.715. The summed E-state index contributed by atoms with van der Waals surface area (Å²) in [6, 6.07) is 3.59. The van der Waals surface area contributed by atoms with Crippen molar-refractivity contribution < 1.29 is 0 Å². The highest BCUT2D eigenvalue weighted by molar-refractivity contribution is 6.29. The Morgan fingerprint density at radius 3 is 2.77 bits per heavy atom. The molecule has 66 valence electrons. The van der Waals surface area contributed by atoms with Gasteiger partial charge in [-0.05, 0) is 12.1 Å². The molecule has 0 saturated carbocycles. The van der Waals surface area contributed by atoms with Crippen molar-refractivity contribution in [2.24, 2.45) is 7.05 Å². The molecule has 0 radical (unpaired) electrons. The van der Waals surface area contributed by atoms with Gasteiger partial charge in [0.1, 0.15) is 10.8 Å². The Kier molecular flexibility index (Phi) is 1.98. The molecule has 2 aromatic rings. The van der Waals surface area contributed by atoms with Crippen LogP contribution in [0.2, 0.25) is 5.15 Å². The molecule has 2 heterocycles. The first kappa shape index (κ1) is 8.19. The Bertz CT molecular complexity index is 406. The number of nitrogens with zero attached hydrogens (tertiary/aromatic N) is 4. The van der Waals surface area contributed by atoms with Crippen LogP contribution in [0.5, 0.6) is 0 Å². The van der Waals surface area contributed by atoms with Gasteiger partial charge in [-0.3, -0.25) is 4.68 Å². The van der Waals surface area contributed by atoms with Gasteiger partial charge in [-0.15, -0.1) is 5.10 Å². The number of aromatic nitrogens is 4. The summed E-state index contributed by atoms with van der Waals surface area (Å²) in [4.78, 5) is 3.95. The van der Waals surface area contributed by atoms with E-state index in [1.807, 2.05) is 19.3 Å². The van der Waals surface area contributed by atoms with Crippen LogP contribution >= 0.6 is 11.6 Å². The van der Waals surface area contributed by atoms with Crippen molar-refractivity contribution in [1.29, 1.82) is 0 Å². The second-order valence-corrected chi connectivity index (χ2v) is 3.03. The van der Waals surface area contributed by atoms with Crippen LogP contribution in [-0.2, 0) is 7.05 Å². The minimum Gasteiger partial charge on any atom is -0.255 e. The zero-order valence-corrected chi connectivity index (χ0v) is 7.73. The number of hydrogen-bond donors (Lipinski definition) is 0. The molecule has 0 bridgehead atoms. The van der Waals surface area contributed by atoms with Crippen molar-refractivity contribution in [3.05, 3.63) is 29.7 Å². The van der Waals surface area contributed by atoms with Crippen molar-refractivity contribution >= 4 is 11.6 Å². The second kappa shape index (κ2) is 3.14. The molecule has 0 saturated heterocycles. The second-order valence-electron chi connectivity index (χ2n) is 2.65. The fourth-order valence-electron chi connectivity index (χ4n) is 1.01. The van der Waals surface area contributed by atoms with Crippen molar-refractivity contribution in [2.75, 3.05) is 0 Å². The van der Waals surface area contributed by atoms with Gasteiger partial charge in [0.15, 0.2) is 0 Å². The van der Waals surface area contributed by atoms with E-state index in [1.165, 1.54) is 0 Å². The minimum atomic E-state index is 0.479. The third-order valence-electron chi connectivity index (χ3n) is 1.63. The van der Waals surface area contributed by atoms with Gasteiger partial charge in [0.2, 0.25) is 0 Å². The maximum absolute atomic E-state index is 5.65. The SMILES string of the molecule is Cn1cc(-c2ccc(Cl)nc2)nn1. The predicted molar refractivity (Wildman–Crippen MR) is 49.2 cm³/mol. The highest BCUT2D eigenvalue weighted by Crippen LogP contribution is 2.15. The van der Waals surface area contributed by atoms with Gasteiger partial charge >= 0.3 is 0 Å².